The van der Waals surface area contributed by atoms with Crippen molar-refractivity contribution in [3.05, 3.63) is 73.3 Å². The van der Waals surface area contributed by atoms with Gasteiger partial charge in [-0.3, -0.25) is 4.57 Å². The van der Waals surface area contributed by atoms with Gasteiger partial charge in [-0.25, -0.2) is 19.6 Å². The van der Waals surface area contributed by atoms with Gasteiger partial charge in [-0.1, -0.05) is 43.3 Å². The fourth-order valence-corrected chi connectivity index (χ4v) is 6.63. The third kappa shape index (κ3) is 3.74. The summed E-state index contributed by atoms with van der Waals surface area (Å²) in [6.45, 7) is 4.00. The zero-order valence-electron chi connectivity index (χ0n) is 16.9. The van der Waals surface area contributed by atoms with Crippen LogP contribution < -0.4 is 16.3 Å². The fourth-order valence-electron chi connectivity index (χ4n) is 3.67. The smallest absolute Gasteiger partial charge is 0.207 e. The van der Waals surface area contributed by atoms with Crippen LogP contribution in [0.25, 0.3) is 11.2 Å². The number of nitrogen functional groups attached to an aromatic ring is 1. The number of hydrogen-bond donors (Lipinski definition) is 1. The maximum Gasteiger partial charge on any atom is 0.207 e. The van der Waals surface area contributed by atoms with E-state index in [-0.39, 0.29) is 0 Å². The molecule has 154 valence electrons. The van der Waals surface area contributed by atoms with Crippen LogP contribution >= 0.6 is 7.29 Å². The molecule has 4 rings (SSSR count). The summed E-state index contributed by atoms with van der Waals surface area (Å²) in [6.07, 6.45) is 4.05. The van der Waals surface area contributed by atoms with E-state index >= 15 is 0 Å². The number of nitrogens with two attached hydrogens (primary N) is 1. The highest BCUT2D eigenvalue weighted by Gasteiger charge is 2.33. The zero-order valence-corrected chi connectivity index (χ0v) is 17.8. The van der Waals surface area contributed by atoms with Crippen LogP contribution in [0, 0.1) is 0 Å². The summed E-state index contributed by atoms with van der Waals surface area (Å²) in [5.41, 5.74) is 7.19. The number of hydrogen-bond acceptors (Lipinski definition) is 5. The first-order valence-corrected chi connectivity index (χ1v) is 11.7. The molecule has 0 aliphatic carbocycles. The molecule has 7 nitrogen and oxygen atoms in total. The molecular weight excluding hydrogens is 395 g/mol. The lowest BCUT2D eigenvalue weighted by atomic mass is 10.4. The van der Waals surface area contributed by atoms with Crippen molar-refractivity contribution in [3.63, 3.8) is 0 Å². The fraction of sp³-hybridized carbons (Fsp3) is 0.227. The number of rotatable bonds is 8. The molecule has 2 aromatic carbocycles. The largest absolute Gasteiger partial charge is 0.382 e. The van der Waals surface area contributed by atoms with Crippen LogP contribution in [0.4, 0.5) is 5.82 Å². The van der Waals surface area contributed by atoms with Crippen LogP contribution in [-0.2, 0) is 11.1 Å². The average Bonchev–Trinajstić information content (AvgIpc) is 3.22. The van der Waals surface area contributed by atoms with Crippen LogP contribution in [0.1, 0.15) is 13.3 Å². The summed E-state index contributed by atoms with van der Waals surface area (Å²) in [5.74, 6) is 0.364. The van der Waals surface area contributed by atoms with Gasteiger partial charge in [0.1, 0.15) is 11.8 Å². The minimum absolute atomic E-state index is 0.364. The molecule has 0 saturated heterocycles. The summed E-state index contributed by atoms with van der Waals surface area (Å²) in [6, 6.07) is 19.5. The number of anilines is 1. The average molecular weight is 420 g/mol. The SMILES string of the molecule is CCCN(CCn1cnc2c(N)ncnc21)P(=O)(c1ccccc1)c1ccccc1. The molecule has 0 aliphatic rings. The quantitative estimate of drug-likeness (QED) is 0.441. The van der Waals surface area contributed by atoms with Crippen molar-refractivity contribution in [2.75, 3.05) is 18.8 Å². The van der Waals surface area contributed by atoms with E-state index in [0.717, 1.165) is 17.0 Å². The Morgan fingerprint density at radius 1 is 0.933 bits per heavy atom. The second-order valence-electron chi connectivity index (χ2n) is 7.07. The molecular formula is C22H25N6OP. The molecule has 2 aromatic heterocycles. The Balaban J connectivity index is 1.71. The second kappa shape index (κ2) is 8.78. The van der Waals surface area contributed by atoms with Crippen molar-refractivity contribution in [2.24, 2.45) is 0 Å². The summed E-state index contributed by atoms with van der Waals surface area (Å²) in [7, 11) is -3.00. The van der Waals surface area contributed by atoms with E-state index in [1.165, 1.54) is 6.33 Å². The minimum atomic E-state index is -3.00. The number of benzene rings is 2. The monoisotopic (exact) mass is 420 g/mol. The van der Waals surface area contributed by atoms with E-state index in [1.807, 2.05) is 65.2 Å². The summed E-state index contributed by atoms with van der Waals surface area (Å²) >= 11 is 0. The van der Waals surface area contributed by atoms with Gasteiger partial charge in [-0.15, -0.1) is 0 Å². The van der Waals surface area contributed by atoms with E-state index in [1.54, 1.807) is 6.33 Å². The Bertz CT molecular complexity index is 1120. The molecule has 0 aliphatic heterocycles. The zero-order chi connectivity index (χ0) is 21.0. The van der Waals surface area contributed by atoms with Crippen molar-refractivity contribution >= 4 is 34.9 Å². The highest BCUT2D eigenvalue weighted by atomic mass is 31.2. The first-order chi connectivity index (χ1) is 14.6. The van der Waals surface area contributed by atoms with Gasteiger partial charge >= 0.3 is 0 Å². The number of nitrogens with zero attached hydrogens (tertiary/aromatic N) is 5. The lowest BCUT2D eigenvalue weighted by Crippen LogP contribution is -2.35. The van der Waals surface area contributed by atoms with E-state index in [0.29, 0.717) is 36.6 Å². The first kappa shape index (κ1) is 20.3. The van der Waals surface area contributed by atoms with Gasteiger partial charge in [0, 0.05) is 30.2 Å². The van der Waals surface area contributed by atoms with Gasteiger partial charge < -0.3 is 10.3 Å². The summed E-state index contributed by atoms with van der Waals surface area (Å²) in [5, 5.41) is 1.68. The standard InChI is InChI=1S/C22H25N6OP/c1-2-13-28(15-14-27-17-26-20-21(23)24-16-25-22(20)27)30(29,18-9-5-3-6-10-18)19-11-7-4-8-12-19/h3-12,16-17H,2,13-15H2,1H3,(H2,23,24,25). The molecule has 8 heteroatoms. The Labute approximate surface area is 176 Å². The van der Waals surface area contributed by atoms with Gasteiger partial charge in [0.2, 0.25) is 7.29 Å². The van der Waals surface area contributed by atoms with Crippen LogP contribution in [0.15, 0.2) is 73.3 Å². The van der Waals surface area contributed by atoms with Crippen LogP contribution in [0.3, 0.4) is 0 Å². The molecule has 30 heavy (non-hydrogen) atoms. The van der Waals surface area contributed by atoms with Crippen molar-refractivity contribution in [2.45, 2.75) is 19.9 Å². The van der Waals surface area contributed by atoms with Crippen LogP contribution in [0.2, 0.25) is 0 Å². The van der Waals surface area contributed by atoms with Gasteiger partial charge in [-0.05, 0) is 30.7 Å². The van der Waals surface area contributed by atoms with Crippen molar-refractivity contribution in [3.8, 4) is 0 Å². The third-order valence-electron chi connectivity index (χ3n) is 5.12. The Morgan fingerprint density at radius 3 is 2.17 bits per heavy atom. The Hall–Kier alpha value is -3.02. The van der Waals surface area contributed by atoms with Gasteiger partial charge in [0.15, 0.2) is 11.5 Å². The van der Waals surface area contributed by atoms with E-state index in [9.17, 15) is 4.57 Å². The summed E-state index contributed by atoms with van der Waals surface area (Å²) < 4.78 is 18.7. The maximum atomic E-state index is 14.6. The molecule has 0 amide bonds. The van der Waals surface area contributed by atoms with Gasteiger partial charge in [0.25, 0.3) is 0 Å². The number of fused-ring (bicyclic) bond motifs is 1. The summed E-state index contributed by atoms with van der Waals surface area (Å²) in [4.78, 5) is 12.7. The molecule has 4 aromatic rings. The molecule has 0 spiro atoms. The second-order valence-corrected chi connectivity index (χ2v) is 9.82. The van der Waals surface area contributed by atoms with E-state index < -0.39 is 7.29 Å². The van der Waals surface area contributed by atoms with E-state index in [4.69, 9.17) is 5.73 Å². The first-order valence-electron chi connectivity index (χ1n) is 10.0. The van der Waals surface area contributed by atoms with Crippen molar-refractivity contribution < 1.29 is 4.57 Å². The number of aromatic nitrogens is 4. The van der Waals surface area contributed by atoms with Crippen molar-refractivity contribution in [1.82, 2.24) is 24.2 Å². The van der Waals surface area contributed by atoms with Crippen LogP contribution in [0.5, 0.6) is 0 Å². The highest BCUT2D eigenvalue weighted by Crippen LogP contribution is 2.47. The molecule has 0 fully saturated rings. The molecule has 2 N–H and O–H groups in total. The number of imidazole rings is 1. The predicted molar refractivity (Wildman–Crippen MR) is 121 cm³/mol. The molecule has 0 saturated carbocycles. The minimum Gasteiger partial charge on any atom is -0.382 e. The van der Waals surface area contributed by atoms with E-state index in [2.05, 4.69) is 26.5 Å². The lowest BCUT2D eigenvalue weighted by molar-refractivity contribution is 0.402. The van der Waals surface area contributed by atoms with Gasteiger partial charge in [0.05, 0.1) is 6.33 Å². The topological polar surface area (TPSA) is 89.9 Å². The normalized spacial score (nSPS) is 11.9. The molecule has 0 unspecified atom stereocenters. The molecule has 0 atom stereocenters. The van der Waals surface area contributed by atoms with Crippen molar-refractivity contribution in [1.29, 1.82) is 0 Å². The maximum absolute atomic E-state index is 14.6. The molecule has 2 heterocycles. The Morgan fingerprint density at radius 2 is 1.57 bits per heavy atom. The van der Waals surface area contributed by atoms with Crippen LogP contribution in [-0.4, -0.2) is 37.3 Å². The Kier molecular flexibility index (Phi) is 5.93. The highest BCUT2D eigenvalue weighted by molar-refractivity contribution is 7.76. The molecule has 0 bridgehead atoms. The third-order valence-corrected chi connectivity index (χ3v) is 8.31. The predicted octanol–water partition coefficient (Wildman–Crippen LogP) is 3.05. The lowest BCUT2D eigenvalue weighted by Gasteiger charge is -2.32. The molecule has 0 radical (unpaired) electrons. The van der Waals surface area contributed by atoms with Gasteiger partial charge in [-0.2, -0.15) is 0 Å².